The molecule has 2 aromatic rings. The molecule has 90 valence electrons. The van der Waals surface area contributed by atoms with Crippen molar-refractivity contribution in [3.63, 3.8) is 0 Å². The van der Waals surface area contributed by atoms with Crippen LogP contribution >= 0.6 is 12.6 Å². The summed E-state index contributed by atoms with van der Waals surface area (Å²) in [5.41, 5.74) is 3.30. The minimum atomic E-state index is 0.606. The fourth-order valence-electron chi connectivity index (χ4n) is 1.80. The minimum absolute atomic E-state index is 0.606. The van der Waals surface area contributed by atoms with Gasteiger partial charge in [-0.05, 0) is 17.9 Å². The van der Waals surface area contributed by atoms with Crippen molar-refractivity contribution < 1.29 is 4.52 Å². The van der Waals surface area contributed by atoms with Crippen molar-refractivity contribution in [2.75, 3.05) is 0 Å². The van der Waals surface area contributed by atoms with E-state index in [1.165, 1.54) is 5.56 Å². The van der Waals surface area contributed by atoms with Crippen molar-refractivity contribution in [3.8, 4) is 11.3 Å². The summed E-state index contributed by atoms with van der Waals surface area (Å²) in [4.78, 5) is 0. The highest BCUT2D eigenvalue weighted by Gasteiger charge is 2.06. The Labute approximate surface area is 107 Å². The number of hydrogen-bond acceptors (Lipinski definition) is 3. The van der Waals surface area contributed by atoms with Gasteiger partial charge in [-0.3, -0.25) is 0 Å². The summed E-state index contributed by atoms with van der Waals surface area (Å²) in [5.74, 6) is 2.10. The summed E-state index contributed by atoms with van der Waals surface area (Å²) >= 11 is 4.17. The summed E-state index contributed by atoms with van der Waals surface area (Å²) in [5, 5.41) is 3.93. The maximum Gasteiger partial charge on any atom is 0.167 e. The molecule has 0 unspecified atom stereocenters. The minimum Gasteiger partial charge on any atom is -0.356 e. The average molecular weight is 247 g/mol. The van der Waals surface area contributed by atoms with E-state index < -0.39 is 0 Å². The summed E-state index contributed by atoms with van der Waals surface area (Å²) < 4.78 is 5.26. The van der Waals surface area contributed by atoms with Crippen molar-refractivity contribution >= 4 is 12.6 Å². The Morgan fingerprint density at radius 1 is 1.24 bits per heavy atom. The zero-order valence-electron chi connectivity index (χ0n) is 10.2. The van der Waals surface area contributed by atoms with Gasteiger partial charge in [0.2, 0.25) is 0 Å². The first-order chi connectivity index (χ1) is 8.19. The summed E-state index contributed by atoms with van der Waals surface area (Å²) in [7, 11) is 0. The maximum atomic E-state index is 5.26. The Kier molecular flexibility index (Phi) is 3.89. The molecule has 0 saturated carbocycles. The molecule has 0 fully saturated rings. The molecule has 0 aliphatic carbocycles. The molecule has 0 bridgehead atoms. The van der Waals surface area contributed by atoms with Gasteiger partial charge < -0.3 is 4.52 Å². The third-order valence-corrected chi connectivity index (χ3v) is 2.93. The Morgan fingerprint density at radius 2 is 1.94 bits per heavy atom. The van der Waals surface area contributed by atoms with Crippen LogP contribution < -0.4 is 0 Å². The average Bonchev–Trinajstić information content (AvgIpc) is 2.78. The van der Waals surface area contributed by atoms with Crippen LogP contribution in [0.3, 0.4) is 0 Å². The Morgan fingerprint density at radius 3 is 2.47 bits per heavy atom. The molecule has 0 amide bonds. The SMILES string of the molecule is CC(C)Cc1ccc(-c2cc(CS)no2)cc1. The number of rotatable bonds is 4. The molecule has 17 heavy (non-hydrogen) atoms. The van der Waals surface area contributed by atoms with E-state index in [-0.39, 0.29) is 0 Å². The van der Waals surface area contributed by atoms with E-state index >= 15 is 0 Å². The van der Waals surface area contributed by atoms with E-state index in [4.69, 9.17) is 4.52 Å². The second-order valence-electron chi connectivity index (χ2n) is 4.64. The zero-order valence-corrected chi connectivity index (χ0v) is 11.1. The molecule has 2 rings (SSSR count). The van der Waals surface area contributed by atoms with Crippen molar-refractivity contribution in [2.45, 2.75) is 26.0 Å². The largest absolute Gasteiger partial charge is 0.356 e. The van der Waals surface area contributed by atoms with Gasteiger partial charge in [0, 0.05) is 17.4 Å². The predicted octanol–water partition coefficient (Wildman–Crippen LogP) is 3.97. The molecule has 0 aliphatic heterocycles. The third-order valence-electron chi connectivity index (χ3n) is 2.60. The van der Waals surface area contributed by atoms with E-state index in [2.05, 4.69) is 55.9 Å². The molecule has 0 aliphatic rings. The van der Waals surface area contributed by atoms with Gasteiger partial charge in [-0.25, -0.2) is 0 Å². The third kappa shape index (κ3) is 3.13. The lowest BCUT2D eigenvalue weighted by Crippen LogP contribution is -1.93. The topological polar surface area (TPSA) is 26.0 Å². The molecule has 1 aromatic carbocycles. The summed E-state index contributed by atoms with van der Waals surface area (Å²) in [6.07, 6.45) is 1.11. The van der Waals surface area contributed by atoms with Crippen LogP contribution in [0.25, 0.3) is 11.3 Å². The lowest BCUT2D eigenvalue weighted by atomic mass is 10.0. The fraction of sp³-hybridized carbons (Fsp3) is 0.357. The van der Waals surface area contributed by atoms with Crippen LogP contribution in [-0.2, 0) is 12.2 Å². The highest BCUT2D eigenvalue weighted by atomic mass is 32.1. The van der Waals surface area contributed by atoms with Gasteiger partial charge in [-0.2, -0.15) is 12.6 Å². The number of aromatic nitrogens is 1. The van der Waals surface area contributed by atoms with Gasteiger partial charge in [0.05, 0.1) is 5.69 Å². The molecular weight excluding hydrogens is 230 g/mol. The molecular formula is C14H17NOS. The van der Waals surface area contributed by atoms with E-state index in [1.807, 2.05) is 6.07 Å². The first kappa shape index (κ1) is 12.2. The van der Waals surface area contributed by atoms with Gasteiger partial charge in [0.15, 0.2) is 5.76 Å². The lowest BCUT2D eigenvalue weighted by molar-refractivity contribution is 0.426. The molecule has 0 atom stereocenters. The van der Waals surface area contributed by atoms with E-state index in [0.717, 1.165) is 23.4 Å². The van der Waals surface area contributed by atoms with Gasteiger partial charge in [0.1, 0.15) is 0 Å². The standard InChI is InChI=1S/C14H17NOS/c1-10(2)7-11-3-5-12(6-4-11)14-8-13(9-17)15-16-14/h3-6,8,10,17H,7,9H2,1-2H3. The van der Waals surface area contributed by atoms with Gasteiger partial charge in [0.25, 0.3) is 0 Å². The Bertz CT molecular complexity index is 473. The highest BCUT2D eigenvalue weighted by molar-refractivity contribution is 7.79. The molecule has 1 aromatic heterocycles. The molecule has 0 N–H and O–H groups in total. The fourth-order valence-corrected chi connectivity index (χ4v) is 1.95. The predicted molar refractivity (Wildman–Crippen MR) is 73.2 cm³/mol. The van der Waals surface area contributed by atoms with Crippen LogP contribution in [0.15, 0.2) is 34.9 Å². The van der Waals surface area contributed by atoms with Crippen LogP contribution in [0.1, 0.15) is 25.1 Å². The Balaban J connectivity index is 2.17. The number of hydrogen-bond donors (Lipinski definition) is 1. The molecule has 3 heteroatoms. The maximum absolute atomic E-state index is 5.26. The van der Waals surface area contributed by atoms with Gasteiger partial charge in [-0.15, -0.1) is 0 Å². The van der Waals surface area contributed by atoms with E-state index in [0.29, 0.717) is 11.7 Å². The van der Waals surface area contributed by atoms with Crippen LogP contribution in [0.2, 0.25) is 0 Å². The quantitative estimate of drug-likeness (QED) is 0.827. The molecule has 0 radical (unpaired) electrons. The first-order valence-electron chi connectivity index (χ1n) is 5.85. The Hall–Kier alpha value is -1.22. The number of benzene rings is 1. The highest BCUT2D eigenvalue weighted by Crippen LogP contribution is 2.22. The summed E-state index contributed by atoms with van der Waals surface area (Å²) in [6, 6.07) is 10.4. The van der Waals surface area contributed by atoms with E-state index in [9.17, 15) is 0 Å². The van der Waals surface area contributed by atoms with Crippen molar-refractivity contribution in [3.05, 3.63) is 41.6 Å². The second-order valence-corrected chi connectivity index (χ2v) is 4.95. The molecule has 0 saturated heterocycles. The van der Waals surface area contributed by atoms with Crippen molar-refractivity contribution in [1.82, 2.24) is 5.16 Å². The van der Waals surface area contributed by atoms with Crippen LogP contribution in [-0.4, -0.2) is 5.16 Å². The lowest BCUT2D eigenvalue weighted by Gasteiger charge is -2.04. The second kappa shape index (κ2) is 5.41. The summed E-state index contributed by atoms with van der Waals surface area (Å²) in [6.45, 7) is 4.45. The molecule has 0 spiro atoms. The normalized spacial score (nSPS) is 11.1. The molecule has 2 nitrogen and oxygen atoms in total. The monoisotopic (exact) mass is 247 g/mol. The van der Waals surface area contributed by atoms with Gasteiger partial charge in [-0.1, -0.05) is 43.3 Å². The van der Waals surface area contributed by atoms with Crippen LogP contribution in [0.5, 0.6) is 0 Å². The molecule has 1 heterocycles. The first-order valence-corrected chi connectivity index (χ1v) is 6.48. The van der Waals surface area contributed by atoms with Crippen LogP contribution in [0.4, 0.5) is 0 Å². The van der Waals surface area contributed by atoms with Crippen molar-refractivity contribution in [1.29, 1.82) is 0 Å². The van der Waals surface area contributed by atoms with Crippen LogP contribution in [0, 0.1) is 5.92 Å². The van der Waals surface area contributed by atoms with E-state index in [1.54, 1.807) is 0 Å². The number of thiol groups is 1. The smallest absolute Gasteiger partial charge is 0.167 e. The van der Waals surface area contributed by atoms with Gasteiger partial charge >= 0.3 is 0 Å². The number of nitrogens with zero attached hydrogens (tertiary/aromatic N) is 1. The van der Waals surface area contributed by atoms with Crippen molar-refractivity contribution in [2.24, 2.45) is 5.92 Å². The zero-order chi connectivity index (χ0) is 12.3.